The molecule has 1 aliphatic rings. The molecule has 20 heavy (non-hydrogen) atoms. The predicted octanol–water partition coefficient (Wildman–Crippen LogP) is 2.25. The van der Waals surface area contributed by atoms with Gasteiger partial charge in [0.25, 0.3) is 0 Å². The zero-order chi connectivity index (χ0) is 14.1. The summed E-state index contributed by atoms with van der Waals surface area (Å²) in [6.45, 7) is 3.43. The summed E-state index contributed by atoms with van der Waals surface area (Å²) in [5.41, 5.74) is 6.84. The Kier molecular flexibility index (Phi) is 3.95. The van der Waals surface area contributed by atoms with Gasteiger partial charge in [-0.05, 0) is 30.4 Å². The third kappa shape index (κ3) is 2.82. The first-order valence-corrected chi connectivity index (χ1v) is 8.80. The van der Waals surface area contributed by atoms with Gasteiger partial charge in [0, 0.05) is 18.0 Å². The van der Waals surface area contributed by atoms with Crippen molar-refractivity contribution in [1.29, 1.82) is 0 Å². The van der Waals surface area contributed by atoms with Gasteiger partial charge in [0.2, 0.25) is 11.0 Å². The molecule has 0 fully saturated rings. The van der Waals surface area contributed by atoms with E-state index in [4.69, 9.17) is 5.73 Å². The molecule has 106 valence electrons. The Morgan fingerprint density at radius 3 is 3.15 bits per heavy atom. The lowest BCUT2D eigenvalue weighted by Crippen LogP contribution is -2.39. The third-order valence-electron chi connectivity index (χ3n) is 3.17. The Balaban J connectivity index is 1.64. The Bertz CT molecular complexity index is 624. The van der Waals surface area contributed by atoms with Crippen molar-refractivity contribution in [1.82, 2.24) is 15.1 Å². The summed E-state index contributed by atoms with van der Waals surface area (Å²) in [6.07, 6.45) is 0.960. The van der Waals surface area contributed by atoms with E-state index in [1.807, 2.05) is 11.8 Å². The summed E-state index contributed by atoms with van der Waals surface area (Å²) in [6, 6.07) is 2.11. The van der Waals surface area contributed by atoms with E-state index in [0.717, 1.165) is 23.8 Å². The number of nitrogens with two attached hydrogens (primary N) is 1. The third-order valence-corrected chi connectivity index (χ3v) is 6.11. The number of fused-ring (bicyclic) bond motifs is 1. The van der Waals surface area contributed by atoms with Gasteiger partial charge in [-0.2, -0.15) is 0 Å². The molecular weight excluding hydrogens is 312 g/mol. The molecule has 0 aliphatic carbocycles. The fourth-order valence-electron chi connectivity index (χ4n) is 2.16. The van der Waals surface area contributed by atoms with Crippen molar-refractivity contribution in [3.63, 3.8) is 0 Å². The second-order valence-electron chi connectivity index (χ2n) is 4.55. The molecular formula is C12H14N4OS3. The van der Waals surface area contributed by atoms with Crippen LogP contribution in [0.5, 0.6) is 0 Å². The van der Waals surface area contributed by atoms with E-state index < -0.39 is 0 Å². The summed E-state index contributed by atoms with van der Waals surface area (Å²) in [5, 5.41) is 10.1. The van der Waals surface area contributed by atoms with Crippen LogP contribution < -0.4 is 5.73 Å². The van der Waals surface area contributed by atoms with Crippen molar-refractivity contribution in [2.24, 2.45) is 0 Å². The molecule has 2 aromatic rings. The van der Waals surface area contributed by atoms with Crippen LogP contribution in [-0.4, -0.2) is 32.8 Å². The number of hydrogen-bond donors (Lipinski definition) is 1. The van der Waals surface area contributed by atoms with Crippen molar-refractivity contribution >= 4 is 45.5 Å². The normalized spacial score (nSPS) is 15.9. The molecule has 5 nitrogen and oxygen atoms in total. The molecule has 8 heteroatoms. The van der Waals surface area contributed by atoms with E-state index in [-0.39, 0.29) is 11.2 Å². The largest absolute Gasteiger partial charge is 0.374 e. The predicted molar refractivity (Wildman–Crippen MR) is 83.1 cm³/mol. The number of amides is 1. The molecule has 1 unspecified atom stereocenters. The van der Waals surface area contributed by atoms with E-state index in [1.54, 1.807) is 11.3 Å². The summed E-state index contributed by atoms with van der Waals surface area (Å²) in [5.74, 6) is 0.153. The molecule has 0 saturated heterocycles. The number of nitrogen functional groups attached to an aromatic ring is 1. The van der Waals surface area contributed by atoms with Crippen LogP contribution in [0.25, 0.3) is 0 Å². The first-order chi connectivity index (χ1) is 9.63. The van der Waals surface area contributed by atoms with E-state index in [1.165, 1.54) is 33.5 Å². The molecule has 0 saturated carbocycles. The number of nitrogens with zero attached hydrogens (tertiary/aromatic N) is 3. The quantitative estimate of drug-likeness (QED) is 0.876. The van der Waals surface area contributed by atoms with Crippen molar-refractivity contribution in [2.75, 3.05) is 12.3 Å². The average Bonchev–Trinajstić information content (AvgIpc) is 3.05. The standard InChI is InChI=1S/C12H14N4OS3/c1-7(19-12-15-14-11(13)20-12)10(17)16-4-2-9-8(6-16)3-5-18-9/h3,5,7H,2,4,6H2,1H3,(H2,13,14). The average molecular weight is 326 g/mol. The van der Waals surface area contributed by atoms with Crippen LogP contribution in [-0.2, 0) is 17.8 Å². The number of thioether (sulfide) groups is 1. The van der Waals surface area contributed by atoms with E-state index in [9.17, 15) is 4.79 Å². The Hall–Kier alpha value is -1.12. The lowest BCUT2D eigenvalue weighted by atomic mass is 10.1. The van der Waals surface area contributed by atoms with E-state index in [0.29, 0.717) is 5.13 Å². The van der Waals surface area contributed by atoms with Crippen LogP contribution in [0, 0.1) is 0 Å². The van der Waals surface area contributed by atoms with Gasteiger partial charge >= 0.3 is 0 Å². The minimum Gasteiger partial charge on any atom is -0.374 e. The SMILES string of the molecule is CC(Sc1nnc(N)s1)C(=O)N1CCc2sccc2C1. The zero-order valence-corrected chi connectivity index (χ0v) is 13.4. The van der Waals surface area contributed by atoms with Gasteiger partial charge in [0.15, 0.2) is 4.34 Å². The lowest BCUT2D eigenvalue weighted by molar-refractivity contribution is -0.131. The molecule has 0 spiro atoms. The number of anilines is 1. The monoisotopic (exact) mass is 326 g/mol. The fourth-order valence-corrected chi connectivity index (χ4v) is 4.92. The molecule has 3 rings (SSSR count). The van der Waals surface area contributed by atoms with Gasteiger partial charge < -0.3 is 10.6 Å². The molecule has 1 amide bonds. The molecule has 0 radical (unpaired) electrons. The summed E-state index contributed by atoms with van der Waals surface area (Å²) < 4.78 is 0.747. The first-order valence-electron chi connectivity index (χ1n) is 6.23. The summed E-state index contributed by atoms with van der Waals surface area (Å²) in [7, 11) is 0. The number of thiophene rings is 1. The van der Waals surface area contributed by atoms with Crippen molar-refractivity contribution < 1.29 is 4.79 Å². The highest BCUT2D eigenvalue weighted by molar-refractivity contribution is 8.02. The molecule has 3 heterocycles. The number of rotatable bonds is 3. The number of carbonyl (C=O) groups excluding carboxylic acids is 1. The number of carbonyl (C=O) groups is 1. The zero-order valence-electron chi connectivity index (χ0n) is 10.9. The molecule has 1 aliphatic heterocycles. The summed E-state index contributed by atoms with van der Waals surface area (Å²) in [4.78, 5) is 15.8. The van der Waals surface area contributed by atoms with Crippen LogP contribution in [0.4, 0.5) is 5.13 Å². The molecule has 2 N–H and O–H groups in total. The van der Waals surface area contributed by atoms with Gasteiger partial charge in [-0.15, -0.1) is 21.5 Å². The van der Waals surface area contributed by atoms with Crippen molar-refractivity contribution in [3.8, 4) is 0 Å². The van der Waals surface area contributed by atoms with Crippen LogP contribution >= 0.6 is 34.4 Å². The van der Waals surface area contributed by atoms with Gasteiger partial charge in [0.05, 0.1) is 5.25 Å². The van der Waals surface area contributed by atoms with Crippen molar-refractivity contribution in [2.45, 2.75) is 29.5 Å². The van der Waals surface area contributed by atoms with Crippen molar-refractivity contribution in [3.05, 3.63) is 21.9 Å². The lowest BCUT2D eigenvalue weighted by Gasteiger charge is -2.28. The Morgan fingerprint density at radius 2 is 2.40 bits per heavy atom. The minimum absolute atomic E-state index is 0.153. The summed E-state index contributed by atoms with van der Waals surface area (Å²) >= 11 is 4.52. The Morgan fingerprint density at radius 1 is 1.55 bits per heavy atom. The second kappa shape index (κ2) is 5.71. The van der Waals surface area contributed by atoms with Crippen LogP contribution in [0.1, 0.15) is 17.4 Å². The second-order valence-corrected chi connectivity index (χ2v) is 8.14. The number of aromatic nitrogens is 2. The highest BCUT2D eigenvalue weighted by Gasteiger charge is 2.26. The van der Waals surface area contributed by atoms with Crippen LogP contribution in [0.15, 0.2) is 15.8 Å². The van der Waals surface area contributed by atoms with Crippen LogP contribution in [0.3, 0.4) is 0 Å². The van der Waals surface area contributed by atoms with Gasteiger partial charge in [-0.3, -0.25) is 4.79 Å². The minimum atomic E-state index is -0.164. The van der Waals surface area contributed by atoms with Gasteiger partial charge in [-0.25, -0.2) is 0 Å². The fraction of sp³-hybridized carbons (Fsp3) is 0.417. The van der Waals surface area contributed by atoms with E-state index in [2.05, 4.69) is 21.6 Å². The maximum Gasteiger partial charge on any atom is 0.236 e. The molecule has 2 aromatic heterocycles. The maximum atomic E-state index is 12.5. The molecule has 0 bridgehead atoms. The first kappa shape index (κ1) is 13.8. The number of hydrogen-bond acceptors (Lipinski definition) is 7. The topological polar surface area (TPSA) is 72.1 Å². The highest BCUT2D eigenvalue weighted by atomic mass is 32.2. The van der Waals surface area contributed by atoms with Gasteiger partial charge in [0.1, 0.15) is 0 Å². The highest BCUT2D eigenvalue weighted by Crippen LogP contribution is 2.30. The maximum absolute atomic E-state index is 12.5. The van der Waals surface area contributed by atoms with Gasteiger partial charge in [-0.1, -0.05) is 23.1 Å². The molecule has 1 atom stereocenters. The van der Waals surface area contributed by atoms with E-state index >= 15 is 0 Å². The van der Waals surface area contributed by atoms with Crippen LogP contribution in [0.2, 0.25) is 0 Å². The molecule has 0 aromatic carbocycles. The Labute approximate surface area is 129 Å². The smallest absolute Gasteiger partial charge is 0.236 e.